The van der Waals surface area contributed by atoms with Crippen molar-refractivity contribution >= 4 is 58.3 Å². The molecule has 8 nitrogen and oxygen atoms in total. The average molecular weight is 660 g/mol. The monoisotopic (exact) mass is 658 g/mol. The van der Waals surface area contributed by atoms with Crippen LogP contribution in [0.2, 0.25) is 10.0 Å². The number of thiazole rings is 1. The maximum absolute atomic E-state index is 14.1. The summed E-state index contributed by atoms with van der Waals surface area (Å²) >= 11 is 13.6. The van der Waals surface area contributed by atoms with Crippen LogP contribution in [0.5, 0.6) is 0 Å². The van der Waals surface area contributed by atoms with Gasteiger partial charge in [-0.15, -0.1) is 0 Å². The van der Waals surface area contributed by atoms with Gasteiger partial charge in [-0.25, -0.2) is 14.6 Å². The van der Waals surface area contributed by atoms with E-state index in [1.807, 2.05) is 30.3 Å². The first-order valence-corrected chi connectivity index (χ1v) is 15.4. The van der Waals surface area contributed by atoms with E-state index in [0.29, 0.717) is 53.3 Å². The third kappa shape index (κ3) is 5.90. The highest BCUT2D eigenvalue weighted by atomic mass is 35.5. The normalized spacial score (nSPS) is 14.6. The summed E-state index contributed by atoms with van der Waals surface area (Å²) in [5, 5.41) is 0.928. The van der Waals surface area contributed by atoms with Crippen molar-refractivity contribution in [2.75, 3.05) is 13.7 Å². The predicted molar refractivity (Wildman–Crippen MR) is 173 cm³/mol. The Hall–Kier alpha value is -4.70. The smallest absolute Gasteiger partial charge is 0.338 e. The molecule has 0 spiro atoms. The molecule has 0 saturated heterocycles. The van der Waals surface area contributed by atoms with E-state index >= 15 is 0 Å². The number of esters is 2. The summed E-state index contributed by atoms with van der Waals surface area (Å²) in [4.78, 5) is 45.3. The third-order valence-corrected chi connectivity index (χ3v) is 8.58. The molecular weight excluding hydrogens is 635 g/mol. The van der Waals surface area contributed by atoms with Crippen LogP contribution in [0.25, 0.3) is 23.1 Å². The number of fused-ring (bicyclic) bond motifs is 1. The molecule has 0 N–H and O–H groups in total. The molecule has 6 rings (SSSR count). The second-order valence-corrected chi connectivity index (χ2v) is 11.7. The number of furan rings is 1. The number of benzene rings is 3. The molecule has 3 aromatic carbocycles. The topological polar surface area (TPSA) is 100 Å². The number of hydrogen-bond donors (Lipinski definition) is 0. The van der Waals surface area contributed by atoms with Gasteiger partial charge >= 0.3 is 11.9 Å². The fourth-order valence-electron chi connectivity index (χ4n) is 5.11. The Labute approximate surface area is 271 Å². The van der Waals surface area contributed by atoms with Gasteiger partial charge in [0.05, 0.1) is 41.1 Å². The van der Waals surface area contributed by atoms with Crippen molar-refractivity contribution in [2.24, 2.45) is 4.99 Å². The molecule has 1 aliphatic heterocycles. The number of carbonyl (C=O) groups excluding carboxylic acids is 2. The van der Waals surface area contributed by atoms with Gasteiger partial charge in [-0.3, -0.25) is 9.36 Å². The molecular formula is C34H24Cl2N2O6S. The zero-order valence-electron chi connectivity index (χ0n) is 24.0. The van der Waals surface area contributed by atoms with Crippen LogP contribution >= 0.6 is 34.5 Å². The minimum absolute atomic E-state index is 0.146. The number of nitrogens with zero attached hydrogens (tertiary/aromatic N) is 2. The highest BCUT2D eigenvalue weighted by Gasteiger charge is 2.35. The first kappa shape index (κ1) is 30.3. The van der Waals surface area contributed by atoms with Gasteiger partial charge in [-0.2, -0.15) is 0 Å². The molecule has 0 unspecified atom stereocenters. The molecule has 11 heteroatoms. The van der Waals surface area contributed by atoms with Crippen LogP contribution in [0.15, 0.2) is 105 Å². The fourth-order valence-corrected chi connectivity index (χ4v) is 6.39. The number of hydrogen-bond acceptors (Lipinski definition) is 8. The summed E-state index contributed by atoms with van der Waals surface area (Å²) < 4.78 is 18.3. The van der Waals surface area contributed by atoms with Crippen molar-refractivity contribution < 1.29 is 23.5 Å². The van der Waals surface area contributed by atoms with Gasteiger partial charge in [-0.1, -0.05) is 77.0 Å². The SMILES string of the molecule is CCOC(=O)C1=C(c2ccccc2)N=c2s/c(=C/c3ccc(-c4cc(Cl)ccc4C(=O)OC)o3)c(=O)n2[C@@H]1c1ccc(Cl)cc1. The van der Waals surface area contributed by atoms with Gasteiger partial charge in [0, 0.05) is 27.2 Å². The molecule has 0 bridgehead atoms. The van der Waals surface area contributed by atoms with E-state index in [-0.39, 0.29) is 23.3 Å². The Morgan fingerprint density at radius 1 is 0.978 bits per heavy atom. The average Bonchev–Trinajstić information content (AvgIpc) is 3.64. The zero-order valence-corrected chi connectivity index (χ0v) is 26.3. The number of methoxy groups -OCH3 is 1. The van der Waals surface area contributed by atoms with Gasteiger partial charge < -0.3 is 13.9 Å². The lowest BCUT2D eigenvalue weighted by molar-refractivity contribution is -0.138. The van der Waals surface area contributed by atoms with Crippen molar-refractivity contribution in [3.8, 4) is 11.3 Å². The van der Waals surface area contributed by atoms with E-state index < -0.39 is 18.0 Å². The summed E-state index contributed by atoms with van der Waals surface area (Å²) in [6, 6.07) is 23.6. The molecule has 1 aliphatic rings. The van der Waals surface area contributed by atoms with Crippen molar-refractivity contribution in [1.82, 2.24) is 4.57 Å². The summed E-state index contributed by atoms with van der Waals surface area (Å²) in [7, 11) is 1.29. The quantitative estimate of drug-likeness (QED) is 0.191. The summed E-state index contributed by atoms with van der Waals surface area (Å²) in [5.74, 6) is -0.386. The molecule has 45 heavy (non-hydrogen) atoms. The maximum atomic E-state index is 14.1. The van der Waals surface area contributed by atoms with Crippen LogP contribution in [0.1, 0.15) is 40.2 Å². The molecule has 2 aromatic heterocycles. The van der Waals surface area contributed by atoms with Crippen molar-refractivity contribution in [1.29, 1.82) is 0 Å². The molecule has 226 valence electrons. The minimum Gasteiger partial charge on any atom is -0.465 e. The van der Waals surface area contributed by atoms with Crippen LogP contribution in [-0.2, 0) is 14.3 Å². The van der Waals surface area contributed by atoms with E-state index in [9.17, 15) is 14.4 Å². The van der Waals surface area contributed by atoms with Gasteiger partial charge in [-0.05, 0) is 55.0 Å². The molecule has 1 atom stereocenters. The number of carbonyl (C=O) groups is 2. The maximum Gasteiger partial charge on any atom is 0.338 e. The molecule has 0 amide bonds. The number of aromatic nitrogens is 1. The fraction of sp³-hybridized carbons (Fsp3) is 0.118. The molecule has 0 radical (unpaired) electrons. The lowest BCUT2D eigenvalue weighted by Gasteiger charge is -2.25. The van der Waals surface area contributed by atoms with Crippen LogP contribution < -0.4 is 14.9 Å². The minimum atomic E-state index is -0.837. The zero-order chi connectivity index (χ0) is 31.7. The Morgan fingerprint density at radius 2 is 1.71 bits per heavy atom. The van der Waals surface area contributed by atoms with E-state index in [1.54, 1.807) is 67.6 Å². The van der Waals surface area contributed by atoms with Gasteiger partial charge in [0.2, 0.25) is 0 Å². The largest absolute Gasteiger partial charge is 0.465 e. The lowest BCUT2D eigenvalue weighted by atomic mass is 9.93. The lowest BCUT2D eigenvalue weighted by Crippen LogP contribution is -2.39. The Morgan fingerprint density at radius 3 is 2.42 bits per heavy atom. The number of rotatable bonds is 7. The molecule has 0 aliphatic carbocycles. The Balaban J connectivity index is 1.54. The highest BCUT2D eigenvalue weighted by Crippen LogP contribution is 2.35. The van der Waals surface area contributed by atoms with Crippen molar-refractivity contribution in [2.45, 2.75) is 13.0 Å². The van der Waals surface area contributed by atoms with Crippen molar-refractivity contribution in [3.63, 3.8) is 0 Å². The third-order valence-electron chi connectivity index (χ3n) is 7.11. The van der Waals surface area contributed by atoms with E-state index in [2.05, 4.69) is 0 Å². The van der Waals surface area contributed by atoms with Gasteiger partial charge in [0.15, 0.2) is 4.80 Å². The Bertz CT molecular complexity index is 2150. The van der Waals surface area contributed by atoms with E-state index in [0.717, 1.165) is 11.3 Å². The standard InChI is InChI=1S/C34H24Cl2N2O6S/c1-3-43-33(41)28-29(19-7-5-4-6-8-19)37-34-38(30(28)20-9-11-21(35)12-10-20)31(39)27(45-34)18-23-14-16-26(44-23)25-17-22(36)13-15-24(25)32(40)42-2/h4-18,30H,3H2,1-2H3/b27-18+/t30-/m1/s1. The summed E-state index contributed by atoms with van der Waals surface area (Å²) in [6.07, 6.45) is 1.60. The molecule has 5 aromatic rings. The van der Waals surface area contributed by atoms with E-state index in [4.69, 9.17) is 42.1 Å². The molecule has 3 heterocycles. The van der Waals surface area contributed by atoms with Crippen LogP contribution in [0.3, 0.4) is 0 Å². The van der Waals surface area contributed by atoms with Crippen LogP contribution in [0, 0.1) is 0 Å². The van der Waals surface area contributed by atoms with E-state index in [1.165, 1.54) is 11.7 Å². The van der Waals surface area contributed by atoms with Crippen LogP contribution in [-0.4, -0.2) is 30.2 Å². The highest BCUT2D eigenvalue weighted by molar-refractivity contribution is 7.07. The molecule has 0 saturated carbocycles. The first-order chi connectivity index (χ1) is 21.8. The van der Waals surface area contributed by atoms with Crippen LogP contribution in [0.4, 0.5) is 0 Å². The van der Waals surface area contributed by atoms with Gasteiger partial charge in [0.1, 0.15) is 11.5 Å². The molecule has 0 fully saturated rings. The number of halogens is 2. The predicted octanol–water partition coefficient (Wildman–Crippen LogP) is 6.29. The number of ether oxygens (including phenoxy) is 2. The Kier molecular flexibility index (Phi) is 8.58. The van der Waals surface area contributed by atoms with Gasteiger partial charge in [0.25, 0.3) is 5.56 Å². The second-order valence-electron chi connectivity index (χ2n) is 9.87. The van der Waals surface area contributed by atoms with Crippen molar-refractivity contribution in [3.05, 3.63) is 143 Å². The summed E-state index contributed by atoms with van der Waals surface area (Å²) in [6.45, 7) is 1.87. The summed E-state index contributed by atoms with van der Waals surface area (Å²) in [5.41, 5.74) is 2.38. The first-order valence-electron chi connectivity index (χ1n) is 13.8. The second kappa shape index (κ2) is 12.7.